The molecule has 1 rings (SSSR count). The lowest BCUT2D eigenvalue weighted by Crippen LogP contribution is -2.40. The molecule has 1 aliphatic carbocycles. The molecule has 5 N–H and O–H groups in total. The summed E-state index contributed by atoms with van der Waals surface area (Å²) >= 11 is 0. The molecule has 1 fully saturated rings. The number of hydrogen-bond acceptors (Lipinski definition) is 4. The Morgan fingerprint density at radius 3 is 2.81 bits per heavy atom. The lowest BCUT2D eigenvalue weighted by molar-refractivity contribution is 0.0922. The van der Waals surface area contributed by atoms with Crippen molar-refractivity contribution in [3.05, 3.63) is 0 Å². The summed E-state index contributed by atoms with van der Waals surface area (Å²) in [5.41, 5.74) is 6.06. The molecular weight excluding hydrogens is 204 g/mol. The maximum absolute atomic E-state index is 9.20. The Bertz CT molecular complexity index is 190. The van der Waals surface area contributed by atoms with E-state index in [4.69, 9.17) is 10.8 Å². The van der Waals surface area contributed by atoms with Gasteiger partial charge in [0.05, 0.1) is 12.7 Å². The Hall–Kier alpha value is -0.160. The van der Waals surface area contributed by atoms with E-state index in [1.807, 2.05) is 0 Å². The zero-order chi connectivity index (χ0) is 12.0. The molecule has 0 aromatic heterocycles. The maximum Gasteiger partial charge on any atom is 0.0894 e. The van der Waals surface area contributed by atoms with Gasteiger partial charge in [-0.15, -0.1) is 0 Å². The summed E-state index contributed by atoms with van der Waals surface area (Å²) in [6.45, 7) is 3.45. The minimum Gasteiger partial charge on any atom is -0.394 e. The molecule has 4 atom stereocenters. The van der Waals surface area contributed by atoms with Crippen LogP contribution in [0, 0.1) is 11.8 Å². The summed E-state index contributed by atoms with van der Waals surface area (Å²) in [7, 11) is 0. The van der Waals surface area contributed by atoms with Crippen LogP contribution in [0.15, 0.2) is 0 Å². The number of aliphatic hydroxyl groups excluding tert-OH is 2. The minimum atomic E-state index is -0.632. The maximum atomic E-state index is 9.20. The van der Waals surface area contributed by atoms with Crippen molar-refractivity contribution in [2.75, 3.05) is 19.7 Å². The summed E-state index contributed by atoms with van der Waals surface area (Å²) in [6.07, 6.45) is 4.03. The van der Waals surface area contributed by atoms with E-state index in [2.05, 4.69) is 12.2 Å². The fraction of sp³-hybridized carbons (Fsp3) is 1.00. The van der Waals surface area contributed by atoms with E-state index in [0.717, 1.165) is 19.4 Å². The average molecular weight is 230 g/mol. The van der Waals surface area contributed by atoms with Crippen LogP contribution in [0.5, 0.6) is 0 Å². The highest BCUT2D eigenvalue weighted by atomic mass is 16.3. The van der Waals surface area contributed by atoms with Gasteiger partial charge in [-0.1, -0.05) is 13.3 Å². The SMILES string of the molecule is CCC1CC(CNCC(O)CO)CCC1N. The van der Waals surface area contributed by atoms with Gasteiger partial charge in [-0.05, 0) is 37.6 Å². The third kappa shape index (κ3) is 4.37. The van der Waals surface area contributed by atoms with Crippen LogP contribution in [0.3, 0.4) is 0 Å². The molecule has 0 radical (unpaired) electrons. The van der Waals surface area contributed by atoms with Gasteiger partial charge in [0.25, 0.3) is 0 Å². The fourth-order valence-electron chi connectivity index (χ4n) is 2.56. The fourth-order valence-corrected chi connectivity index (χ4v) is 2.56. The monoisotopic (exact) mass is 230 g/mol. The standard InChI is InChI=1S/C12H26N2O2/c1-2-10-5-9(3-4-12(10)13)6-14-7-11(16)8-15/h9-12,14-16H,2-8,13H2,1H3. The molecule has 16 heavy (non-hydrogen) atoms. The molecule has 0 amide bonds. The molecule has 96 valence electrons. The lowest BCUT2D eigenvalue weighted by Gasteiger charge is -2.33. The molecule has 0 aliphatic heterocycles. The van der Waals surface area contributed by atoms with E-state index < -0.39 is 6.10 Å². The van der Waals surface area contributed by atoms with Crippen molar-refractivity contribution in [2.24, 2.45) is 17.6 Å². The minimum absolute atomic E-state index is 0.167. The van der Waals surface area contributed by atoms with E-state index in [1.54, 1.807) is 0 Å². The van der Waals surface area contributed by atoms with Crippen LogP contribution in [0.1, 0.15) is 32.6 Å². The van der Waals surface area contributed by atoms with Gasteiger partial charge in [-0.3, -0.25) is 0 Å². The normalized spacial score (nSPS) is 32.6. The van der Waals surface area contributed by atoms with Gasteiger partial charge in [-0.25, -0.2) is 0 Å². The zero-order valence-corrected chi connectivity index (χ0v) is 10.2. The number of hydrogen-bond donors (Lipinski definition) is 4. The smallest absolute Gasteiger partial charge is 0.0894 e. The third-order valence-corrected chi connectivity index (χ3v) is 3.70. The highest BCUT2D eigenvalue weighted by Gasteiger charge is 2.26. The molecule has 4 heteroatoms. The highest BCUT2D eigenvalue weighted by Crippen LogP contribution is 2.29. The largest absolute Gasteiger partial charge is 0.394 e. The van der Waals surface area contributed by atoms with Crippen molar-refractivity contribution in [2.45, 2.75) is 44.8 Å². The van der Waals surface area contributed by atoms with Crippen molar-refractivity contribution >= 4 is 0 Å². The molecule has 0 aromatic rings. The Balaban J connectivity index is 2.18. The number of nitrogens with one attached hydrogen (secondary N) is 1. The molecule has 1 saturated carbocycles. The van der Waals surface area contributed by atoms with E-state index in [1.165, 1.54) is 12.8 Å². The molecule has 0 aromatic carbocycles. The van der Waals surface area contributed by atoms with Crippen LogP contribution in [-0.2, 0) is 0 Å². The van der Waals surface area contributed by atoms with Crippen LogP contribution >= 0.6 is 0 Å². The molecule has 0 spiro atoms. The lowest BCUT2D eigenvalue weighted by atomic mass is 9.77. The summed E-state index contributed by atoms with van der Waals surface area (Å²) in [5, 5.41) is 21.1. The molecule has 4 nitrogen and oxygen atoms in total. The Kier molecular flexibility index (Phi) is 6.28. The summed E-state index contributed by atoms with van der Waals surface area (Å²) in [5.74, 6) is 1.33. The predicted octanol–water partition coefficient (Wildman–Crippen LogP) is 0.0828. The van der Waals surface area contributed by atoms with E-state index in [0.29, 0.717) is 24.4 Å². The summed E-state index contributed by atoms with van der Waals surface area (Å²) in [4.78, 5) is 0. The first-order valence-electron chi connectivity index (χ1n) is 6.42. The van der Waals surface area contributed by atoms with E-state index >= 15 is 0 Å². The number of aliphatic hydroxyl groups is 2. The van der Waals surface area contributed by atoms with Crippen LogP contribution in [0.25, 0.3) is 0 Å². The van der Waals surface area contributed by atoms with Crippen LogP contribution in [0.2, 0.25) is 0 Å². The second-order valence-corrected chi connectivity index (χ2v) is 5.01. The predicted molar refractivity (Wildman–Crippen MR) is 65.1 cm³/mol. The van der Waals surface area contributed by atoms with Gasteiger partial charge < -0.3 is 21.3 Å². The zero-order valence-electron chi connectivity index (χ0n) is 10.2. The Labute approximate surface area is 98.2 Å². The van der Waals surface area contributed by atoms with Gasteiger partial charge in [-0.2, -0.15) is 0 Å². The average Bonchev–Trinajstić information content (AvgIpc) is 2.31. The number of nitrogens with two attached hydrogens (primary N) is 1. The van der Waals surface area contributed by atoms with Gasteiger partial charge in [0, 0.05) is 12.6 Å². The van der Waals surface area contributed by atoms with Crippen molar-refractivity contribution in [3.8, 4) is 0 Å². The Morgan fingerprint density at radius 1 is 1.44 bits per heavy atom. The summed E-state index contributed by atoms with van der Waals surface area (Å²) < 4.78 is 0. The second-order valence-electron chi connectivity index (χ2n) is 5.01. The van der Waals surface area contributed by atoms with Crippen LogP contribution in [0.4, 0.5) is 0 Å². The van der Waals surface area contributed by atoms with Gasteiger partial charge in [0.2, 0.25) is 0 Å². The molecule has 0 bridgehead atoms. The first kappa shape index (κ1) is 13.9. The van der Waals surface area contributed by atoms with E-state index in [9.17, 15) is 5.11 Å². The van der Waals surface area contributed by atoms with Crippen LogP contribution < -0.4 is 11.1 Å². The van der Waals surface area contributed by atoms with Crippen molar-refractivity contribution < 1.29 is 10.2 Å². The summed E-state index contributed by atoms with van der Waals surface area (Å²) in [6, 6.07) is 0.379. The second kappa shape index (κ2) is 7.22. The van der Waals surface area contributed by atoms with Crippen molar-refractivity contribution in [1.29, 1.82) is 0 Å². The molecule has 0 saturated heterocycles. The van der Waals surface area contributed by atoms with Gasteiger partial charge in [0.1, 0.15) is 0 Å². The van der Waals surface area contributed by atoms with E-state index in [-0.39, 0.29) is 6.61 Å². The van der Waals surface area contributed by atoms with Crippen molar-refractivity contribution in [3.63, 3.8) is 0 Å². The van der Waals surface area contributed by atoms with Crippen molar-refractivity contribution in [1.82, 2.24) is 5.32 Å². The first-order chi connectivity index (χ1) is 7.67. The van der Waals surface area contributed by atoms with Crippen LogP contribution in [-0.4, -0.2) is 42.1 Å². The third-order valence-electron chi connectivity index (χ3n) is 3.70. The first-order valence-corrected chi connectivity index (χ1v) is 6.42. The highest BCUT2D eigenvalue weighted by molar-refractivity contribution is 4.82. The molecule has 4 unspecified atom stereocenters. The molecule has 1 aliphatic rings. The number of rotatable bonds is 6. The quantitative estimate of drug-likeness (QED) is 0.521. The topological polar surface area (TPSA) is 78.5 Å². The molecular formula is C12H26N2O2. The Morgan fingerprint density at radius 2 is 2.19 bits per heavy atom. The molecule has 0 heterocycles. The van der Waals surface area contributed by atoms with Gasteiger partial charge >= 0.3 is 0 Å². The van der Waals surface area contributed by atoms with Gasteiger partial charge in [0.15, 0.2) is 0 Å².